The summed E-state index contributed by atoms with van der Waals surface area (Å²) in [4.78, 5) is 3.40. The molecular weight excluding hydrogens is 240 g/mol. The van der Waals surface area contributed by atoms with Crippen molar-refractivity contribution in [1.29, 1.82) is 0 Å². The molecule has 0 fully saturated rings. The van der Waals surface area contributed by atoms with Gasteiger partial charge in [-0.15, -0.1) is 0 Å². The predicted molar refractivity (Wildman–Crippen MR) is 78.1 cm³/mol. The highest BCUT2D eigenvalue weighted by molar-refractivity contribution is 5.94. The fourth-order valence-corrected chi connectivity index (χ4v) is 2.46. The standard InChI is InChI=1S/C15H22N2O2/c1-9(16)5-6-11-10(2)17-15-13(19-4)8-7-12(18-3)14(11)15/h7-9,17H,5-6,16H2,1-4H3. The number of nitrogens with two attached hydrogens (primary N) is 1. The van der Waals surface area contributed by atoms with Gasteiger partial charge in [-0.3, -0.25) is 0 Å². The van der Waals surface area contributed by atoms with Gasteiger partial charge < -0.3 is 20.2 Å². The summed E-state index contributed by atoms with van der Waals surface area (Å²) in [6, 6.07) is 4.07. The van der Waals surface area contributed by atoms with Gasteiger partial charge in [0.15, 0.2) is 0 Å². The Hall–Kier alpha value is -1.68. The molecule has 1 unspecified atom stereocenters. The molecule has 0 spiro atoms. The molecule has 1 heterocycles. The Labute approximate surface area is 113 Å². The first-order valence-electron chi connectivity index (χ1n) is 6.56. The molecule has 0 aliphatic heterocycles. The van der Waals surface area contributed by atoms with Gasteiger partial charge in [-0.25, -0.2) is 0 Å². The Bertz CT molecular complexity index is 573. The van der Waals surface area contributed by atoms with E-state index >= 15 is 0 Å². The van der Waals surface area contributed by atoms with Crippen LogP contribution in [0.1, 0.15) is 24.6 Å². The van der Waals surface area contributed by atoms with Crippen molar-refractivity contribution < 1.29 is 9.47 Å². The number of fused-ring (bicyclic) bond motifs is 1. The van der Waals surface area contributed by atoms with E-state index in [1.165, 1.54) is 5.56 Å². The number of aromatic amines is 1. The van der Waals surface area contributed by atoms with Crippen LogP contribution in [0, 0.1) is 6.92 Å². The number of benzene rings is 1. The second-order valence-electron chi connectivity index (χ2n) is 4.96. The molecule has 0 saturated heterocycles. The Kier molecular flexibility index (Phi) is 4.00. The maximum Gasteiger partial charge on any atom is 0.143 e. The van der Waals surface area contributed by atoms with Crippen LogP contribution in [0.25, 0.3) is 10.9 Å². The van der Waals surface area contributed by atoms with E-state index in [0.717, 1.165) is 40.9 Å². The van der Waals surface area contributed by atoms with E-state index in [-0.39, 0.29) is 6.04 Å². The molecule has 0 aliphatic carbocycles. The average Bonchev–Trinajstić information content (AvgIpc) is 2.71. The summed E-state index contributed by atoms with van der Waals surface area (Å²) in [6.07, 6.45) is 1.89. The molecule has 4 heteroatoms. The molecule has 1 atom stereocenters. The highest BCUT2D eigenvalue weighted by Gasteiger charge is 2.16. The minimum Gasteiger partial charge on any atom is -0.496 e. The summed E-state index contributed by atoms with van der Waals surface area (Å²) in [5, 5.41) is 1.11. The summed E-state index contributed by atoms with van der Waals surface area (Å²) in [6.45, 7) is 4.11. The van der Waals surface area contributed by atoms with Gasteiger partial charge in [0.05, 0.1) is 19.7 Å². The van der Waals surface area contributed by atoms with Gasteiger partial charge in [-0.05, 0) is 44.4 Å². The number of nitrogens with one attached hydrogen (secondary N) is 1. The van der Waals surface area contributed by atoms with E-state index in [0.29, 0.717) is 0 Å². The molecule has 0 amide bonds. The van der Waals surface area contributed by atoms with Crippen LogP contribution in [0.5, 0.6) is 11.5 Å². The lowest BCUT2D eigenvalue weighted by Crippen LogP contribution is -2.15. The van der Waals surface area contributed by atoms with Crippen molar-refractivity contribution in [2.24, 2.45) is 5.73 Å². The van der Waals surface area contributed by atoms with E-state index < -0.39 is 0 Å². The van der Waals surface area contributed by atoms with Crippen LogP contribution < -0.4 is 15.2 Å². The highest BCUT2D eigenvalue weighted by Crippen LogP contribution is 2.37. The van der Waals surface area contributed by atoms with Crippen LogP contribution in [0.2, 0.25) is 0 Å². The fraction of sp³-hybridized carbons (Fsp3) is 0.467. The first-order valence-corrected chi connectivity index (χ1v) is 6.56. The minimum absolute atomic E-state index is 0.195. The normalized spacial score (nSPS) is 12.7. The van der Waals surface area contributed by atoms with Crippen LogP contribution in [-0.4, -0.2) is 25.2 Å². The number of hydrogen-bond acceptors (Lipinski definition) is 3. The average molecular weight is 262 g/mol. The van der Waals surface area contributed by atoms with Crippen molar-refractivity contribution in [1.82, 2.24) is 4.98 Å². The summed E-state index contributed by atoms with van der Waals surface area (Å²) in [7, 11) is 3.37. The second-order valence-corrected chi connectivity index (χ2v) is 4.96. The molecule has 2 aromatic rings. The number of aryl methyl sites for hydroxylation is 2. The smallest absolute Gasteiger partial charge is 0.143 e. The Balaban J connectivity index is 2.58. The van der Waals surface area contributed by atoms with Crippen LogP contribution in [0.4, 0.5) is 0 Å². The number of ether oxygens (including phenoxy) is 2. The van der Waals surface area contributed by atoms with Gasteiger partial charge in [0.2, 0.25) is 0 Å². The zero-order valence-electron chi connectivity index (χ0n) is 12.0. The number of hydrogen-bond donors (Lipinski definition) is 2. The predicted octanol–water partition coefficient (Wildman–Crippen LogP) is 2.77. The lowest BCUT2D eigenvalue weighted by atomic mass is 10.0. The van der Waals surface area contributed by atoms with Crippen molar-refractivity contribution >= 4 is 10.9 Å². The molecular formula is C15H22N2O2. The first kappa shape index (κ1) is 13.7. The Morgan fingerprint density at radius 2 is 1.84 bits per heavy atom. The van der Waals surface area contributed by atoms with Crippen molar-refractivity contribution in [3.63, 3.8) is 0 Å². The maximum absolute atomic E-state index is 5.86. The largest absolute Gasteiger partial charge is 0.496 e. The van der Waals surface area contributed by atoms with Gasteiger partial charge in [-0.1, -0.05) is 0 Å². The van der Waals surface area contributed by atoms with E-state index in [1.807, 2.05) is 19.1 Å². The monoisotopic (exact) mass is 262 g/mol. The fourth-order valence-electron chi connectivity index (χ4n) is 2.46. The lowest BCUT2D eigenvalue weighted by molar-refractivity contribution is 0.410. The SMILES string of the molecule is COc1ccc(OC)c2c(CCC(C)N)c(C)[nH]c12. The molecule has 0 aliphatic rings. The highest BCUT2D eigenvalue weighted by atomic mass is 16.5. The van der Waals surface area contributed by atoms with Crippen LogP contribution in [0.3, 0.4) is 0 Å². The second kappa shape index (κ2) is 5.53. The van der Waals surface area contributed by atoms with E-state index in [9.17, 15) is 0 Å². The number of methoxy groups -OCH3 is 2. The van der Waals surface area contributed by atoms with Gasteiger partial charge in [-0.2, -0.15) is 0 Å². The molecule has 19 heavy (non-hydrogen) atoms. The Morgan fingerprint density at radius 1 is 1.21 bits per heavy atom. The summed E-state index contributed by atoms with van der Waals surface area (Å²) in [5.74, 6) is 1.71. The number of aromatic nitrogens is 1. The lowest BCUT2D eigenvalue weighted by Gasteiger charge is -2.09. The van der Waals surface area contributed by atoms with Gasteiger partial charge >= 0.3 is 0 Å². The zero-order chi connectivity index (χ0) is 14.0. The van der Waals surface area contributed by atoms with Crippen LogP contribution >= 0.6 is 0 Å². The van der Waals surface area contributed by atoms with Crippen molar-refractivity contribution in [3.8, 4) is 11.5 Å². The van der Waals surface area contributed by atoms with Gasteiger partial charge in [0.1, 0.15) is 11.5 Å². The van der Waals surface area contributed by atoms with Gasteiger partial charge in [0.25, 0.3) is 0 Å². The van der Waals surface area contributed by atoms with Crippen molar-refractivity contribution in [2.45, 2.75) is 32.7 Å². The first-order chi connectivity index (χ1) is 9.08. The molecule has 2 rings (SSSR count). The quantitative estimate of drug-likeness (QED) is 0.871. The molecule has 1 aromatic carbocycles. The molecule has 104 valence electrons. The van der Waals surface area contributed by atoms with Crippen molar-refractivity contribution in [2.75, 3.05) is 14.2 Å². The molecule has 0 radical (unpaired) electrons. The molecule has 1 aromatic heterocycles. The van der Waals surface area contributed by atoms with Crippen LogP contribution in [-0.2, 0) is 6.42 Å². The number of H-pyrrole nitrogens is 1. The topological polar surface area (TPSA) is 60.3 Å². The number of rotatable bonds is 5. The van der Waals surface area contributed by atoms with Gasteiger partial charge in [0, 0.05) is 17.1 Å². The molecule has 3 N–H and O–H groups in total. The molecule has 0 bridgehead atoms. The third-order valence-corrected chi connectivity index (χ3v) is 3.49. The third-order valence-electron chi connectivity index (χ3n) is 3.49. The maximum atomic E-state index is 5.86. The molecule has 4 nitrogen and oxygen atoms in total. The van der Waals surface area contributed by atoms with E-state index in [4.69, 9.17) is 15.2 Å². The third kappa shape index (κ3) is 2.54. The summed E-state index contributed by atoms with van der Waals surface area (Å²) < 4.78 is 10.9. The van der Waals surface area contributed by atoms with Crippen molar-refractivity contribution in [3.05, 3.63) is 23.4 Å². The Morgan fingerprint density at radius 3 is 2.42 bits per heavy atom. The zero-order valence-corrected chi connectivity index (χ0v) is 12.0. The van der Waals surface area contributed by atoms with E-state index in [1.54, 1.807) is 14.2 Å². The van der Waals surface area contributed by atoms with E-state index in [2.05, 4.69) is 11.9 Å². The van der Waals surface area contributed by atoms with Crippen LogP contribution in [0.15, 0.2) is 12.1 Å². The minimum atomic E-state index is 0.195. The summed E-state index contributed by atoms with van der Waals surface area (Å²) >= 11 is 0. The summed E-state index contributed by atoms with van der Waals surface area (Å²) in [5.41, 5.74) is 9.28. The molecule has 0 saturated carbocycles.